The number of carbonyl (C=O) groups excluding carboxylic acids is 2. The number of thiazole rings is 1. The third-order valence-corrected chi connectivity index (χ3v) is 4.30. The van der Waals surface area contributed by atoms with Gasteiger partial charge in [-0.15, -0.1) is 0 Å². The monoisotopic (exact) mass is 343 g/mol. The van der Waals surface area contributed by atoms with Crippen molar-refractivity contribution in [3.8, 4) is 0 Å². The minimum atomic E-state index is -0.424. The molecule has 3 rings (SSSR count). The highest BCUT2D eigenvalue weighted by molar-refractivity contribution is 7.22. The van der Waals surface area contributed by atoms with Gasteiger partial charge in [0.15, 0.2) is 5.13 Å². The third-order valence-electron chi connectivity index (χ3n) is 3.36. The van der Waals surface area contributed by atoms with E-state index in [-0.39, 0.29) is 11.5 Å². The van der Waals surface area contributed by atoms with E-state index in [0.717, 1.165) is 4.70 Å². The van der Waals surface area contributed by atoms with Gasteiger partial charge in [-0.05, 0) is 42.8 Å². The van der Waals surface area contributed by atoms with E-state index in [4.69, 9.17) is 0 Å². The zero-order valence-electron chi connectivity index (χ0n) is 13.0. The lowest BCUT2D eigenvalue weighted by Crippen LogP contribution is -2.12. The fraction of sp³-hybridized carbons (Fsp3) is 0.118. The molecule has 0 unspecified atom stereocenters. The van der Waals surface area contributed by atoms with E-state index in [1.165, 1.54) is 24.3 Å². The molecule has 0 aliphatic rings. The quantitative estimate of drug-likeness (QED) is 0.756. The Kier molecular flexibility index (Phi) is 4.26. The van der Waals surface area contributed by atoms with E-state index in [1.54, 1.807) is 37.3 Å². The second-order valence-electron chi connectivity index (χ2n) is 5.30. The number of anilines is 2. The van der Waals surface area contributed by atoms with Crippen molar-refractivity contribution in [3.63, 3.8) is 0 Å². The molecular formula is C17H14FN3O2S. The number of benzene rings is 2. The number of amides is 2. The van der Waals surface area contributed by atoms with Crippen molar-refractivity contribution in [2.75, 3.05) is 10.6 Å². The lowest BCUT2D eigenvalue weighted by molar-refractivity contribution is -0.114. The predicted molar refractivity (Wildman–Crippen MR) is 93.0 cm³/mol. The third kappa shape index (κ3) is 3.41. The minimum absolute atomic E-state index is 0.159. The molecule has 0 radical (unpaired) electrons. The molecule has 122 valence electrons. The van der Waals surface area contributed by atoms with Crippen LogP contribution in [0.4, 0.5) is 15.2 Å². The molecule has 7 heteroatoms. The molecule has 0 saturated heterocycles. The van der Waals surface area contributed by atoms with Gasteiger partial charge in [0.2, 0.25) is 5.91 Å². The fourth-order valence-corrected chi connectivity index (χ4v) is 3.06. The van der Waals surface area contributed by atoms with Crippen LogP contribution in [0.1, 0.15) is 22.8 Å². The SMILES string of the molecule is CC(=O)Nc1ccc2nc(NC(=O)c3ccc(C)c(F)c3)sc2c1. The van der Waals surface area contributed by atoms with Crippen LogP contribution in [0.2, 0.25) is 0 Å². The van der Waals surface area contributed by atoms with Gasteiger partial charge in [0, 0.05) is 18.2 Å². The number of hydrogen-bond donors (Lipinski definition) is 2. The smallest absolute Gasteiger partial charge is 0.257 e. The Morgan fingerprint density at radius 1 is 1.12 bits per heavy atom. The van der Waals surface area contributed by atoms with Crippen LogP contribution >= 0.6 is 11.3 Å². The maximum Gasteiger partial charge on any atom is 0.257 e. The molecule has 24 heavy (non-hydrogen) atoms. The van der Waals surface area contributed by atoms with Crippen LogP contribution in [0, 0.1) is 12.7 Å². The van der Waals surface area contributed by atoms with E-state index in [0.29, 0.717) is 21.9 Å². The topological polar surface area (TPSA) is 71.1 Å². The summed E-state index contributed by atoms with van der Waals surface area (Å²) in [5, 5.41) is 5.78. The maximum absolute atomic E-state index is 13.6. The Morgan fingerprint density at radius 3 is 2.62 bits per heavy atom. The Bertz CT molecular complexity index is 952. The lowest BCUT2D eigenvalue weighted by Gasteiger charge is -2.03. The van der Waals surface area contributed by atoms with Gasteiger partial charge in [0.05, 0.1) is 10.2 Å². The molecule has 0 bridgehead atoms. The van der Waals surface area contributed by atoms with Crippen molar-refractivity contribution in [3.05, 3.63) is 53.3 Å². The van der Waals surface area contributed by atoms with Crippen molar-refractivity contribution in [2.45, 2.75) is 13.8 Å². The Morgan fingerprint density at radius 2 is 1.92 bits per heavy atom. The van der Waals surface area contributed by atoms with Crippen LogP contribution in [-0.4, -0.2) is 16.8 Å². The van der Waals surface area contributed by atoms with Crippen molar-refractivity contribution in [2.24, 2.45) is 0 Å². The summed E-state index contributed by atoms with van der Waals surface area (Å²) < 4.78 is 14.4. The van der Waals surface area contributed by atoms with Crippen LogP contribution in [0.15, 0.2) is 36.4 Å². The summed E-state index contributed by atoms with van der Waals surface area (Å²) in [6.45, 7) is 3.07. The van der Waals surface area contributed by atoms with Gasteiger partial charge >= 0.3 is 0 Å². The van der Waals surface area contributed by atoms with Gasteiger partial charge in [-0.1, -0.05) is 17.4 Å². The number of halogens is 1. The summed E-state index contributed by atoms with van der Waals surface area (Å²) in [6, 6.07) is 9.61. The predicted octanol–water partition coefficient (Wildman–Crippen LogP) is 3.95. The standard InChI is InChI=1S/C17H14FN3O2S/c1-9-3-4-11(7-13(9)18)16(23)21-17-20-14-6-5-12(19-10(2)22)8-15(14)24-17/h3-8H,1-2H3,(H,19,22)(H,20,21,23). The molecule has 2 N–H and O–H groups in total. The van der Waals surface area contributed by atoms with Crippen LogP contribution in [0.3, 0.4) is 0 Å². The van der Waals surface area contributed by atoms with Crippen LogP contribution in [0.25, 0.3) is 10.2 Å². The zero-order chi connectivity index (χ0) is 17.3. The molecule has 0 aliphatic carbocycles. The average Bonchev–Trinajstić information content (AvgIpc) is 2.90. The molecule has 0 spiro atoms. The number of rotatable bonds is 3. The van der Waals surface area contributed by atoms with Crippen LogP contribution < -0.4 is 10.6 Å². The highest BCUT2D eigenvalue weighted by Crippen LogP contribution is 2.28. The zero-order valence-corrected chi connectivity index (χ0v) is 13.8. The van der Waals surface area contributed by atoms with Gasteiger partial charge in [-0.2, -0.15) is 0 Å². The molecule has 0 aliphatic heterocycles. The first-order valence-corrected chi connectivity index (χ1v) is 8.00. The minimum Gasteiger partial charge on any atom is -0.326 e. The van der Waals surface area contributed by atoms with Crippen molar-refractivity contribution >= 4 is 44.2 Å². The fourth-order valence-electron chi connectivity index (χ4n) is 2.16. The van der Waals surface area contributed by atoms with E-state index in [1.807, 2.05) is 0 Å². The van der Waals surface area contributed by atoms with E-state index < -0.39 is 11.7 Å². The molecule has 0 fully saturated rings. The van der Waals surface area contributed by atoms with E-state index >= 15 is 0 Å². The molecule has 0 atom stereocenters. The second-order valence-corrected chi connectivity index (χ2v) is 6.33. The van der Waals surface area contributed by atoms with Crippen molar-refractivity contribution < 1.29 is 14.0 Å². The highest BCUT2D eigenvalue weighted by Gasteiger charge is 2.12. The maximum atomic E-state index is 13.6. The number of aromatic nitrogens is 1. The first kappa shape index (κ1) is 16.1. The Balaban J connectivity index is 1.82. The van der Waals surface area contributed by atoms with Crippen LogP contribution in [0.5, 0.6) is 0 Å². The number of fused-ring (bicyclic) bond motifs is 1. The normalized spacial score (nSPS) is 10.6. The molecular weight excluding hydrogens is 329 g/mol. The summed E-state index contributed by atoms with van der Waals surface area (Å²) >= 11 is 1.28. The molecule has 2 aromatic carbocycles. The molecule has 5 nitrogen and oxygen atoms in total. The molecule has 2 amide bonds. The van der Waals surface area contributed by atoms with Crippen LogP contribution in [-0.2, 0) is 4.79 Å². The van der Waals surface area contributed by atoms with Gasteiger partial charge in [-0.3, -0.25) is 14.9 Å². The molecule has 1 aromatic heterocycles. The molecule has 3 aromatic rings. The van der Waals surface area contributed by atoms with E-state index in [9.17, 15) is 14.0 Å². The van der Waals surface area contributed by atoms with Crippen molar-refractivity contribution in [1.29, 1.82) is 0 Å². The summed E-state index contributed by atoms with van der Waals surface area (Å²) in [7, 11) is 0. The number of carbonyl (C=O) groups is 2. The lowest BCUT2D eigenvalue weighted by atomic mass is 10.1. The summed E-state index contributed by atoms with van der Waals surface area (Å²) in [5.41, 5.74) is 2.09. The Labute approximate surface area is 141 Å². The highest BCUT2D eigenvalue weighted by atomic mass is 32.1. The number of nitrogens with one attached hydrogen (secondary N) is 2. The van der Waals surface area contributed by atoms with Gasteiger partial charge in [-0.25, -0.2) is 9.37 Å². The van der Waals surface area contributed by atoms with Crippen molar-refractivity contribution in [1.82, 2.24) is 4.98 Å². The average molecular weight is 343 g/mol. The number of aryl methyl sites for hydroxylation is 1. The largest absolute Gasteiger partial charge is 0.326 e. The molecule has 0 saturated carbocycles. The van der Waals surface area contributed by atoms with Gasteiger partial charge in [0.1, 0.15) is 5.82 Å². The number of hydrogen-bond acceptors (Lipinski definition) is 4. The second kappa shape index (κ2) is 6.37. The van der Waals surface area contributed by atoms with E-state index in [2.05, 4.69) is 15.6 Å². The number of nitrogens with zero attached hydrogens (tertiary/aromatic N) is 1. The summed E-state index contributed by atoms with van der Waals surface area (Å²) in [6.07, 6.45) is 0. The van der Waals surface area contributed by atoms with Gasteiger partial charge in [0.25, 0.3) is 5.91 Å². The van der Waals surface area contributed by atoms with Gasteiger partial charge < -0.3 is 5.32 Å². The molecule has 1 heterocycles. The first-order chi connectivity index (χ1) is 11.4. The summed E-state index contributed by atoms with van der Waals surface area (Å²) in [4.78, 5) is 27.6. The first-order valence-electron chi connectivity index (χ1n) is 7.18. The summed E-state index contributed by atoms with van der Waals surface area (Å²) in [5.74, 6) is -1.00. The Hall–Kier alpha value is -2.80.